The van der Waals surface area contributed by atoms with Crippen molar-refractivity contribution in [2.24, 2.45) is 11.8 Å². The third kappa shape index (κ3) is 4.02. The maximum atomic E-state index is 13.0. The van der Waals surface area contributed by atoms with Crippen molar-refractivity contribution in [2.45, 2.75) is 44.0 Å². The minimum absolute atomic E-state index is 0.0298. The van der Waals surface area contributed by atoms with E-state index in [9.17, 15) is 21.6 Å². The number of rotatable bonds is 4. The molecule has 3 atom stereocenters. The van der Waals surface area contributed by atoms with E-state index in [1.54, 1.807) is 0 Å². The first-order valence-corrected chi connectivity index (χ1v) is 12.2. The van der Waals surface area contributed by atoms with Crippen LogP contribution in [0.5, 0.6) is 5.75 Å². The summed E-state index contributed by atoms with van der Waals surface area (Å²) in [6.45, 7) is -1.13. The van der Waals surface area contributed by atoms with Crippen LogP contribution in [0.25, 0.3) is 0 Å². The van der Waals surface area contributed by atoms with Gasteiger partial charge in [0.15, 0.2) is 0 Å². The van der Waals surface area contributed by atoms with Crippen LogP contribution in [-0.4, -0.2) is 37.5 Å². The van der Waals surface area contributed by atoms with Gasteiger partial charge in [0, 0.05) is 6.54 Å². The maximum absolute atomic E-state index is 13.0. The molecule has 9 heteroatoms. The Bertz CT molecular complexity index is 1110. The lowest BCUT2D eigenvalue weighted by molar-refractivity contribution is -0.136. The number of benzene rings is 2. The van der Waals surface area contributed by atoms with Crippen molar-refractivity contribution in [1.82, 2.24) is 9.03 Å². The van der Waals surface area contributed by atoms with E-state index in [0.29, 0.717) is 23.8 Å². The molecular formula is C23H25F3N2O3S. The Labute approximate surface area is 185 Å². The SMILES string of the molecule is O=S1(=O)NC2(CN1CC(F)(F)F)C1CCC2Cc2cc(OCc3ccccc3)ccc2C1. The van der Waals surface area contributed by atoms with Gasteiger partial charge in [-0.15, -0.1) is 0 Å². The number of halogens is 3. The highest BCUT2D eigenvalue weighted by Gasteiger charge is 2.60. The number of alkyl halides is 3. The van der Waals surface area contributed by atoms with Gasteiger partial charge >= 0.3 is 6.18 Å². The van der Waals surface area contributed by atoms with Crippen LogP contribution in [0.4, 0.5) is 13.2 Å². The average molecular weight is 467 g/mol. The summed E-state index contributed by atoms with van der Waals surface area (Å²) < 4.78 is 73.4. The zero-order chi connectivity index (χ0) is 22.6. The topological polar surface area (TPSA) is 58.6 Å². The minimum Gasteiger partial charge on any atom is -0.489 e. The lowest BCUT2D eigenvalue weighted by atomic mass is 9.79. The molecule has 3 unspecified atom stereocenters. The largest absolute Gasteiger partial charge is 0.489 e. The first kappa shape index (κ1) is 21.7. The second kappa shape index (κ2) is 7.74. The van der Waals surface area contributed by atoms with E-state index >= 15 is 0 Å². The lowest BCUT2D eigenvalue weighted by Crippen LogP contribution is -2.52. The van der Waals surface area contributed by atoms with Crippen molar-refractivity contribution in [2.75, 3.05) is 13.1 Å². The fourth-order valence-corrected chi connectivity index (χ4v) is 7.36. The lowest BCUT2D eigenvalue weighted by Gasteiger charge is -2.33. The van der Waals surface area contributed by atoms with Crippen LogP contribution < -0.4 is 9.46 Å². The molecule has 5 nitrogen and oxygen atoms in total. The predicted octanol–water partition coefficient (Wildman–Crippen LogP) is 3.84. The second-order valence-corrected chi connectivity index (χ2v) is 10.8. The number of nitrogens with zero attached hydrogens (tertiary/aromatic N) is 1. The quantitative estimate of drug-likeness (QED) is 0.745. The fraction of sp³-hybridized carbons (Fsp3) is 0.478. The van der Waals surface area contributed by atoms with Gasteiger partial charge in [-0.2, -0.15) is 30.6 Å². The summed E-state index contributed by atoms with van der Waals surface area (Å²) in [5.41, 5.74) is 2.42. The van der Waals surface area contributed by atoms with Gasteiger partial charge in [-0.1, -0.05) is 36.4 Å². The molecule has 2 aromatic carbocycles. The zero-order valence-corrected chi connectivity index (χ0v) is 18.3. The summed E-state index contributed by atoms with van der Waals surface area (Å²) in [6.07, 6.45) is -1.71. The molecule has 1 N–H and O–H groups in total. The number of hydrogen-bond acceptors (Lipinski definition) is 3. The summed E-state index contributed by atoms with van der Waals surface area (Å²) in [7, 11) is -4.17. The van der Waals surface area contributed by atoms with E-state index in [1.807, 2.05) is 48.5 Å². The molecule has 1 aliphatic heterocycles. The summed E-state index contributed by atoms with van der Waals surface area (Å²) in [5.74, 6) is 0.661. The summed E-state index contributed by atoms with van der Waals surface area (Å²) in [5, 5.41) is 0. The molecule has 1 saturated carbocycles. The van der Waals surface area contributed by atoms with Crippen LogP contribution in [0.3, 0.4) is 0 Å². The molecule has 0 aromatic heterocycles. The van der Waals surface area contributed by atoms with Crippen LogP contribution in [0.1, 0.15) is 29.5 Å². The standard InChI is InChI=1S/C23H25F3N2O3S/c24-23(25,26)15-28-14-22(27-32(28,29)30)19-7-8-20(22)11-18-12-21(9-6-17(18)10-19)31-13-16-4-2-1-3-5-16/h1-6,9,12,19-20,27H,7-8,10-11,13-15H2. The monoisotopic (exact) mass is 466 g/mol. The zero-order valence-electron chi connectivity index (χ0n) is 17.4. The van der Waals surface area contributed by atoms with Gasteiger partial charge in [0.25, 0.3) is 10.2 Å². The Hall–Kier alpha value is -2.10. The Morgan fingerprint density at radius 1 is 1.03 bits per heavy atom. The smallest absolute Gasteiger partial charge is 0.402 e. The average Bonchev–Trinajstić information content (AvgIpc) is 3.11. The van der Waals surface area contributed by atoms with E-state index in [4.69, 9.17) is 4.74 Å². The number of nitrogens with one attached hydrogen (secondary N) is 1. The number of ether oxygens (including phenoxy) is 1. The van der Waals surface area contributed by atoms with E-state index in [0.717, 1.165) is 35.3 Å². The Balaban J connectivity index is 1.38. The van der Waals surface area contributed by atoms with Crippen LogP contribution in [0, 0.1) is 11.8 Å². The Morgan fingerprint density at radius 3 is 2.41 bits per heavy atom. The van der Waals surface area contributed by atoms with Gasteiger partial charge in [0.2, 0.25) is 0 Å². The molecule has 172 valence electrons. The van der Waals surface area contributed by atoms with Gasteiger partial charge in [-0.25, -0.2) is 0 Å². The van der Waals surface area contributed by atoms with Crippen LogP contribution in [0.2, 0.25) is 0 Å². The molecule has 2 bridgehead atoms. The van der Waals surface area contributed by atoms with Gasteiger partial charge < -0.3 is 4.74 Å². The molecule has 2 aliphatic carbocycles. The van der Waals surface area contributed by atoms with Gasteiger partial charge in [-0.3, -0.25) is 0 Å². The fourth-order valence-electron chi connectivity index (χ4n) is 5.65. The van der Waals surface area contributed by atoms with E-state index < -0.39 is 28.5 Å². The second-order valence-electron chi connectivity index (χ2n) is 9.11. The Kier molecular flexibility index (Phi) is 5.26. The van der Waals surface area contributed by atoms with Gasteiger partial charge in [0.05, 0.1) is 5.54 Å². The van der Waals surface area contributed by atoms with Crippen LogP contribution in [-0.2, 0) is 29.7 Å². The molecule has 1 saturated heterocycles. The van der Waals surface area contributed by atoms with Crippen molar-refractivity contribution in [3.8, 4) is 5.75 Å². The van der Waals surface area contributed by atoms with Crippen LogP contribution >= 0.6 is 0 Å². The van der Waals surface area contributed by atoms with Crippen molar-refractivity contribution in [3.63, 3.8) is 0 Å². The molecule has 3 aliphatic rings. The van der Waals surface area contributed by atoms with Crippen molar-refractivity contribution in [3.05, 3.63) is 65.2 Å². The minimum atomic E-state index is -4.57. The highest BCUT2D eigenvalue weighted by molar-refractivity contribution is 7.87. The summed E-state index contributed by atoms with van der Waals surface area (Å²) in [6, 6.07) is 15.8. The highest BCUT2D eigenvalue weighted by Crippen LogP contribution is 2.50. The van der Waals surface area contributed by atoms with Crippen molar-refractivity contribution >= 4 is 10.2 Å². The van der Waals surface area contributed by atoms with Crippen LogP contribution in [0.15, 0.2) is 48.5 Å². The summed E-state index contributed by atoms with van der Waals surface area (Å²) in [4.78, 5) is 0. The molecule has 2 aromatic rings. The number of fused-ring (bicyclic) bond motifs is 1. The number of hydrogen-bond donors (Lipinski definition) is 1. The van der Waals surface area contributed by atoms with Gasteiger partial charge in [0.1, 0.15) is 18.9 Å². The molecular weight excluding hydrogens is 441 g/mol. The highest BCUT2D eigenvalue weighted by atomic mass is 32.2. The normalized spacial score (nSPS) is 29.1. The predicted molar refractivity (Wildman–Crippen MR) is 113 cm³/mol. The molecule has 0 amide bonds. The first-order chi connectivity index (χ1) is 15.1. The van der Waals surface area contributed by atoms with E-state index in [1.165, 1.54) is 0 Å². The molecule has 5 rings (SSSR count). The molecule has 1 spiro atoms. The third-order valence-corrected chi connectivity index (χ3v) is 8.71. The molecule has 1 heterocycles. The first-order valence-electron chi connectivity index (χ1n) is 10.8. The maximum Gasteiger partial charge on any atom is 0.402 e. The van der Waals surface area contributed by atoms with E-state index in [2.05, 4.69) is 4.72 Å². The Morgan fingerprint density at radius 2 is 1.72 bits per heavy atom. The van der Waals surface area contributed by atoms with Crippen molar-refractivity contribution in [1.29, 1.82) is 0 Å². The molecule has 2 fully saturated rings. The molecule has 32 heavy (non-hydrogen) atoms. The van der Waals surface area contributed by atoms with E-state index in [-0.39, 0.29) is 18.4 Å². The molecule has 0 radical (unpaired) electrons. The summed E-state index contributed by atoms with van der Waals surface area (Å²) >= 11 is 0. The van der Waals surface area contributed by atoms with Crippen molar-refractivity contribution < 1.29 is 26.3 Å². The van der Waals surface area contributed by atoms with Gasteiger partial charge in [-0.05, 0) is 66.3 Å². The third-order valence-electron chi connectivity index (χ3n) is 7.13.